The van der Waals surface area contributed by atoms with E-state index in [1.54, 1.807) is 32.2 Å². The molecule has 11 heteroatoms. The number of aromatic nitrogens is 4. The molecule has 0 radical (unpaired) electrons. The number of rotatable bonds is 12. The van der Waals surface area contributed by atoms with Gasteiger partial charge in [-0.15, -0.1) is 0 Å². The van der Waals surface area contributed by atoms with E-state index in [4.69, 9.17) is 14.5 Å². The first kappa shape index (κ1) is 29.0. The Kier molecular flexibility index (Phi) is 8.70. The number of allylic oxidation sites excluding steroid dienone is 5. The number of nitrogens with one attached hydrogen (secondary N) is 1. The van der Waals surface area contributed by atoms with Gasteiger partial charge in [-0.1, -0.05) is 19.2 Å². The SMILES string of the molecule is C=C(/C(F)=C\C(=C/C)COc1cc(C2CC2)nc(/C(C(=C)C2CC2)=C(/N=C\C)OC)n1)c1ncc(C(F)(F)F)[nH]1. The highest BCUT2D eigenvalue weighted by atomic mass is 19.4. The number of hydrogen-bond acceptors (Lipinski definition) is 6. The summed E-state index contributed by atoms with van der Waals surface area (Å²) in [5.74, 6) is 0.480. The van der Waals surface area contributed by atoms with Crippen LogP contribution in [0.1, 0.15) is 68.5 Å². The molecule has 1 N–H and O–H groups in total. The number of H-pyrrole nitrogens is 1. The Bertz CT molecular complexity index is 1410. The molecule has 2 aromatic rings. The Morgan fingerprint density at radius 3 is 2.45 bits per heavy atom. The molecule has 4 rings (SSSR count). The Morgan fingerprint density at radius 2 is 1.90 bits per heavy atom. The molecule has 0 aromatic carbocycles. The molecule has 0 spiro atoms. The van der Waals surface area contributed by atoms with E-state index in [1.165, 1.54) is 7.11 Å². The van der Waals surface area contributed by atoms with E-state index in [0.29, 0.717) is 35.0 Å². The van der Waals surface area contributed by atoms with Crippen molar-refractivity contribution in [2.75, 3.05) is 13.7 Å². The molecule has 0 atom stereocenters. The fraction of sp³-hybridized carbons (Fsp3) is 0.379. The molecule has 7 nitrogen and oxygen atoms in total. The van der Waals surface area contributed by atoms with E-state index in [-0.39, 0.29) is 29.8 Å². The van der Waals surface area contributed by atoms with E-state index in [9.17, 15) is 17.6 Å². The number of hydrogen-bond donors (Lipinski definition) is 1. The van der Waals surface area contributed by atoms with Crippen LogP contribution in [0.5, 0.6) is 5.88 Å². The van der Waals surface area contributed by atoms with Gasteiger partial charge in [-0.3, -0.25) is 0 Å². The van der Waals surface area contributed by atoms with Gasteiger partial charge in [-0.25, -0.2) is 19.4 Å². The first-order valence-corrected chi connectivity index (χ1v) is 12.9. The lowest BCUT2D eigenvalue weighted by molar-refractivity contribution is -0.140. The molecule has 40 heavy (non-hydrogen) atoms. The van der Waals surface area contributed by atoms with E-state index < -0.39 is 17.7 Å². The van der Waals surface area contributed by atoms with Gasteiger partial charge in [-0.2, -0.15) is 18.2 Å². The summed E-state index contributed by atoms with van der Waals surface area (Å²) in [5, 5.41) is 0. The number of nitrogens with zero attached hydrogens (tertiary/aromatic N) is 4. The number of alkyl halides is 3. The van der Waals surface area contributed by atoms with E-state index >= 15 is 0 Å². The van der Waals surface area contributed by atoms with Gasteiger partial charge in [0.1, 0.15) is 24.0 Å². The van der Waals surface area contributed by atoms with Gasteiger partial charge < -0.3 is 14.5 Å². The number of ether oxygens (including phenoxy) is 2. The average Bonchev–Trinajstić information content (AvgIpc) is 3.87. The Balaban J connectivity index is 1.58. The second-order valence-electron chi connectivity index (χ2n) is 9.57. The van der Waals surface area contributed by atoms with Crippen LogP contribution in [0, 0.1) is 5.92 Å². The van der Waals surface area contributed by atoms with E-state index in [2.05, 4.69) is 33.1 Å². The first-order valence-electron chi connectivity index (χ1n) is 12.9. The highest BCUT2D eigenvalue weighted by Crippen LogP contribution is 2.45. The first-order chi connectivity index (χ1) is 19.0. The van der Waals surface area contributed by atoms with Crippen LogP contribution in [0.25, 0.3) is 11.1 Å². The number of aromatic amines is 1. The molecule has 2 aliphatic carbocycles. The quantitative estimate of drug-likeness (QED) is 0.128. The third kappa shape index (κ3) is 6.94. The van der Waals surface area contributed by atoms with Gasteiger partial charge in [0.05, 0.1) is 24.6 Å². The number of halogens is 4. The molecular weight excluding hydrogens is 526 g/mol. The Morgan fingerprint density at radius 1 is 1.18 bits per heavy atom. The normalized spacial score (nSPS) is 17.2. The molecule has 2 saturated carbocycles. The van der Waals surface area contributed by atoms with Crippen molar-refractivity contribution >= 4 is 17.4 Å². The molecule has 2 fully saturated rings. The summed E-state index contributed by atoms with van der Waals surface area (Å²) in [5.41, 5.74) is 1.32. The molecule has 0 bridgehead atoms. The summed E-state index contributed by atoms with van der Waals surface area (Å²) in [4.78, 5) is 19.4. The largest absolute Gasteiger partial charge is 0.480 e. The minimum atomic E-state index is -4.63. The minimum absolute atomic E-state index is 0.0589. The summed E-state index contributed by atoms with van der Waals surface area (Å²) in [6, 6.07) is 1.77. The van der Waals surface area contributed by atoms with Crippen molar-refractivity contribution in [2.24, 2.45) is 10.9 Å². The molecule has 0 saturated heterocycles. The van der Waals surface area contributed by atoms with Crippen LogP contribution in [0.4, 0.5) is 17.6 Å². The van der Waals surface area contributed by atoms with Crippen LogP contribution in [-0.2, 0) is 10.9 Å². The average molecular weight is 558 g/mol. The number of methoxy groups -OCH3 is 1. The predicted molar refractivity (Wildman–Crippen MR) is 145 cm³/mol. The van der Waals surface area contributed by atoms with Gasteiger partial charge in [0.25, 0.3) is 0 Å². The standard InChI is InChI=1S/C29H31F4N5O2/c1-6-18(12-21(30)17(4)26-35-14-23(37-26)29(31,32)33)15-40-24-13-22(20-10-11-20)36-27(38-24)25(16(3)19-8-9-19)28(39-5)34-7-2/h6-7,12-14,19-20H,3-4,8-11,15H2,1-2,5H3,(H,35,37)/b18-6+,21-12+,28-25-,34-7-. The summed E-state index contributed by atoms with van der Waals surface area (Å²) < 4.78 is 65.1. The predicted octanol–water partition coefficient (Wildman–Crippen LogP) is 7.36. The topological polar surface area (TPSA) is 85.3 Å². The third-order valence-electron chi connectivity index (χ3n) is 6.51. The van der Waals surface area contributed by atoms with Gasteiger partial charge in [0.15, 0.2) is 5.82 Å². The van der Waals surface area contributed by atoms with Crippen LogP contribution in [0.3, 0.4) is 0 Å². The third-order valence-corrected chi connectivity index (χ3v) is 6.51. The Labute approximate surface area is 230 Å². The maximum atomic E-state index is 14.9. The molecule has 212 valence electrons. The lowest BCUT2D eigenvalue weighted by atomic mass is 10.0. The monoisotopic (exact) mass is 557 g/mol. The van der Waals surface area contributed by atoms with Crippen LogP contribution < -0.4 is 4.74 Å². The van der Waals surface area contributed by atoms with Crippen LogP contribution in [-0.4, -0.2) is 39.9 Å². The van der Waals surface area contributed by atoms with Crippen LogP contribution >= 0.6 is 0 Å². The zero-order chi connectivity index (χ0) is 29.0. The molecule has 0 unspecified atom stereocenters. The second kappa shape index (κ2) is 12.0. The zero-order valence-electron chi connectivity index (χ0n) is 22.6. The van der Waals surface area contributed by atoms with Crippen molar-refractivity contribution in [1.82, 2.24) is 19.9 Å². The highest BCUT2D eigenvalue weighted by molar-refractivity contribution is 5.78. The number of aliphatic imine (C=N–C) groups is 1. The summed E-state index contributed by atoms with van der Waals surface area (Å²) >= 11 is 0. The highest BCUT2D eigenvalue weighted by Gasteiger charge is 2.34. The minimum Gasteiger partial charge on any atom is -0.480 e. The number of imidazole rings is 1. The molecule has 0 amide bonds. The Hall–Kier alpha value is -4.02. The van der Waals surface area contributed by atoms with Gasteiger partial charge >= 0.3 is 6.18 Å². The maximum absolute atomic E-state index is 14.9. The molecular formula is C29H31F4N5O2. The lowest BCUT2D eigenvalue weighted by Gasteiger charge is -2.15. The van der Waals surface area contributed by atoms with Crippen molar-refractivity contribution in [3.63, 3.8) is 0 Å². The smallest absolute Gasteiger partial charge is 0.432 e. The molecule has 2 aliphatic rings. The van der Waals surface area contributed by atoms with Gasteiger partial charge in [0, 0.05) is 23.8 Å². The van der Waals surface area contributed by atoms with Crippen LogP contribution in [0.15, 0.2) is 65.4 Å². The zero-order valence-corrected chi connectivity index (χ0v) is 22.6. The van der Waals surface area contributed by atoms with Crippen molar-refractivity contribution in [3.05, 3.63) is 83.5 Å². The fourth-order valence-electron chi connectivity index (χ4n) is 3.91. The van der Waals surface area contributed by atoms with Gasteiger partial charge in [-0.05, 0) is 62.7 Å². The van der Waals surface area contributed by atoms with Crippen molar-refractivity contribution in [3.8, 4) is 5.88 Å². The second-order valence-corrected chi connectivity index (χ2v) is 9.57. The van der Waals surface area contributed by atoms with E-state index in [1.807, 2.05) is 0 Å². The molecule has 2 heterocycles. The summed E-state index contributed by atoms with van der Waals surface area (Å²) in [6.07, 6.45) is 4.40. The van der Waals surface area contributed by atoms with Crippen LogP contribution in [0.2, 0.25) is 0 Å². The maximum Gasteiger partial charge on any atom is 0.432 e. The van der Waals surface area contributed by atoms with Crippen molar-refractivity contribution < 1.29 is 27.0 Å². The lowest BCUT2D eigenvalue weighted by Crippen LogP contribution is -2.08. The van der Waals surface area contributed by atoms with E-state index in [0.717, 1.165) is 43.0 Å². The summed E-state index contributed by atoms with van der Waals surface area (Å²) in [6.45, 7) is 11.2. The summed E-state index contributed by atoms with van der Waals surface area (Å²) in [7, 11) is 1.53. The fourth-order valence-corrected chi connectivity index (χ4v) is 3.91. The van der Waals surface area contributed by atoms with Crippen molar-refractivity contribution in [1.29, 1.82) is 0 Å². The van der Waals surface area contributed by atoms with Gasteiger partial charge in [0.2, 0.25) is 11.8 Å². The molecule has 0 aliphatic heterocycles. The molecule has 2 aromatic heterocycles. The van der Waals surface area contributed by atoms with Crippen molar-refractivity contribution in [2.45, 2.75) is 51.6 Å².